The van der Waals surface area contributed by atoms with E-state index in [1.165, 1.54) is 17.5 Å². The first-order valence-corrected chi connectivity index (χ1v) is 6.03. The largest absolute Gasteiger partial charge is 0.355 e. The van der Waals surface area contributed by atoms with E-state index in [1.807, 2.05) is 0 Å². The van der Waals surface area contributed by atoms with Crippen LogP contribution in [-0.2, 0) is 11.2 Å². The van der Waals surface area contributed by atoms with Gasteiger partial charge in [0.2, 0.25) is 5.91 Å². The van der Waals surface area contributed by atoms with Gasteiger partial charge in [0.25, 0.3) is 0 Å². The van der Waals surface area contributed by atoms with Crippen molar-refractivity contribution < 1.29 is 4.79 Å². The molecule has 1 N–H and O–H groups in total. The van der Waals surface area contributed by atoms with Crippen LogP contribution in [0.15, 0.2) is 24.3 Å². The summed E-state index contributed by atoms with van der Waals surface area (Å²) in [6.45, 7) is 3.04. The lowest BCUT2D eigenvalue weighted by Gasteiger charge is -2.43. The highest BCUT2D eigenvalue weighted by Gasteiger charge is 2.54. The summed E-state index contributed by atoms with van der Waals surface area (Å²) in [5.41, 5.74) is 2.99. The molecule has 0 spiro atoms. The molecule has 2 aliphatic rings. The summed E-state index contributed by atoms with van der Waals surface area (Å²) >= 11 is 0. The number of carbonyl (C=O) groups excluding carboxylic acids is 1. The van der Waals surface area contributed by atoms with Crippen LogP contribution in [0.3, 0.4) is 0 Å². The van der Waals surface area contributed by atoms with Crippen LogP contribution in [0.4, 0.5) is 0 Å². The van der Waals surface area contributed by atoms with E-state index in [4.69, 9.17) is 0 Å². The molecule has 1 aliphatic heterocycles. The molecule has 1 saturated heterocycles. The summed E-state index contributed by atoms with van der Waals surface area (Å²) in [5.74, 6) is 0.562. The summed E-state index contributed by atoms with van der Waals surface area (Å²) in [6.07, 6.45) is 3.34. The Morgan fingerprint density at radius 3 is 2.88 bits per heavy atom. The van der Waals surface area contributed by atoms with Crippen LogP contribution >= 0.6 is 0 Å². The quantitative estimate of drug-likeness (QED) is 0.804. The standard InChI is InChI=1S/C14H17NO/c1-10-4-2-3-5-11(10)8-14-7-6-12(14)13(16)15-9-14/h2-5,12H,6-9H2,1H3,(H,15,16). The SMILES string of the molecule is Cc1ccccc1CC12CCC1C(=O)NC2. The number of aryl methyl sites for hydroxylation is 1. The molecule has 3 rings (SSSR count). The second-order valence-corrected chi connectivity index (χ2v) is 5.27. The highest BCUT2D eigenvalue weighted by molar-refractivity contribution is 5.83. The molecule has 0 radical (unpaired) electrons. The van der Waals surface area contributed by atoms with Gasteiger partial charge in [-0.2, -0.15) is 0 Å². The molecule has 0 bridgehead atoms. The Labute approximate surface area is 96.1 Å². The molecule has 1 saturated carbocycles. The topological polar surface area (TPSA) is 29.1 Å². The zero-order chi connectivity index (χ0) is 11.2. The number of benzene rings is 1. The van der Waals surface area contributed by atoms with Crippen LogP contribution in [0, 0.1) is 18.3 Å². The van der Waals surface area contributed by atoms with E-state index < -0.39 is 0 Å². The lowest BCUT2D eigenvalue weighted by Crippen LogP contribution is -2.42. The van der Waals surface area contributed by atoms with Crippen molar-refractivity contribution in [2.24, 2.45) is 11.3 Å². The first-order chi connectivity index (χ1) is 7.71. The number of amides is 1. The van der Waals surface area contributed by atoms with Gasteiger partial charge in [0, 0.05) is 17.9 Å². The minimum absolute atomic E-state index is 0.239. The molecule has 2 heteroatoms. The summed E-state index contributed by atoms with van der Waals surface area (Å²) in [4.78, 5) is 11.6. The first-order valence-electron chi connectivity index (χ1n) is 6.03. The van der Waals surface area contributed by atoms with E-state index in [2.05, 4.69) is 36.5 Å². The number of hydrogen-bond donors (Lipinski definition) is 1. The Hall–Kier alpha value is -1.31. The molecule has 84 valence electrons. The molecule has 2 atom stereocenters. The van der Waals surface area contributed by atoms with Crippen molar-refractivity contribution in [1.82, 2.24) is 5.32 Å². The molecule has 1 amide bonds. The summed E-state index contributed by atoms with van der Waals surface area (Å²) < 4.78 is 0. The molecule has 1 heterocycles. The van der Waals surface area contributed by atoms with Crippen LogP contribution in [0.2, 0.25) is 0 Å². The van der Waals surface area contributed by atoms with Gasteiger partial charge in [-0.1, -0.05) is 24.3 Å². The maximum absolute atomic E-state index is 11.6. The summed E-state index contributed by atoms with van der Waals surface area (Å²) in [6, 6.07) is 8.52. The molecule has 0 aromatic heterocycles. The Bertz CT molecular complexity index is 440. The van der Waals surface area contributed by atoms with Crippen LogP contribution in [0.1, 0.15) is 24.0 Å². The maximum Gasteiger partial charge on any atom is 0.223 e. The molecule has 1 aliphatic carbocycles. The maximum atomic E-state index is 11.6. The highest BCUT2D eigenvalue weighted by atomic mass is 16.2. The monoisotopic (exact) mass is 215 g/mol. The fraction of sp³-hybridized carbons (Fsp3) is 0.500. The van der Waals surface area contributed by atoms with Crippen molar-refractivity contribution in [2.45, 2.75) is 26.2 Å². The van der Waals surface area contributed by atoms with Crippen LogP contribution in [0.25, 0.3) is 0 Å². The third-order valence-electron chi connectivity index (χ3n) is 4.41. The average Bonchev–Trinajstić information content (AvgIpc) is 2.44. The van der Waals surface area contributed by atoms with Gasteiger partial charge < -0.3 is 5.32 Å². The normalized spacial score (nSPS) is 31.8. The van der Waals surface area contributed by atoms with Gasteiger partial charge in [-0.25, -0.2) is 0 Å². The predicted octanol–water partition coefficient (Wildman–Crippen LogP) is 2.06. The molecule has 2 fully saturated rings. The number of rotatable bonds is 2. The zero-order valence-corrected chi connectivity index (χ0v) is 9.62. The average molecular weight is 215 g/mol. The molecular weight excluding hydrogens is 198 g/mol. The van der Waals surface area contributed by atoms with E-state index >= 15 is 0 Å². The summed E-state index contributed by atoms with van der Waals surface area (Å²) in [7, 11) is 0. The number of nitrogens with one attached hydrogen (secondary N) is 1. The molecular formula is C14H17NO. The Balaban J connectivity index is 1.86. The smallest absolute Gasteiger partial charge is 0.223 e. The van der Waals surface area contributed by atoms with Crippen molar-refractivity contribution >= 4 is 5.91 Å². The molecule has 2 nitrogen and oxygen atoms in total. The Morgan fingerprint density at radius 2 is 2.25 bits per heavy atom. The van der Waals surface area contributed by atoms with Crippen LogP contribution < -0.4 is 5.32 Å². The van der Waals surface area contributed by atoms with Crippen molar-refractivity contribution in [1.29, 1.82) is 0 Å². The lowest BCUT2D eigenvalue weighted by molar-refractivity contribution is -0.127. The van der Waals surface area contributed by atoms with E-state index in [-0.39, 0.29) is 17.2 Å². The fourth-order valence-electron chi connectivity index (χ4n) is 3.17. The summed E-state index contributed by atoms with van der Waals surface area (Å²) in [5, 5.41) is 3.02. The second kappa shape index (κ2) is 3.34. The van der Waals surface area contributed by atoms with Crippen molar-refractivity contribution in [3.8, 4) is 0 Å². The van der Waals surface area contributed by atoms with E-state index in [0.29, 0.717) is 0 Å². The predicted molar refractivity (Wildman–Crippen MR) is 63.0 cm³/mol. The molecule has 1 aromatic carbocycles. The Kier molecular flexibility index (Phi) is 2.06. The third-order valence-corrected chi connectivity index (χ3v) is 4.41. The van der Waals surface area contributed by atoms with Gasteiger partial charge in [0.1, 0.15) is 0 Å². The van der Waals surface area contributed by atoms with E-state index in [0.717, 1.165) is 19.4 Å². The van der Waals surface area contributed by atoms with Crippen LogP contribution in [-0.4, -0.2) is 12.5 Å². The minimum Gasteiger partial charge on any atom is -0.355 e. The molecule has 16 heavy (non-hydrogen) atoms. The van der Waals surface area contributed by atoms with Crippen molar-refractivity contribution in [3.05, 3.63) is 35.4 Å². The number of fused-ring (bicyclic) bond motifs is 1. The van der Waals surface area contributed by atoms with Gasteiger partial charge >= 0.3 is 0 Å². The molecule has 1 aromatic rings. The van der Waals surface area contributed by atoms with E-state index in [9.17, 15) is 4.79 Å². The fourth-order valence-corrected chi connectivity index (χ4v) is 3.17. The van der Waals surface area contributed by atoms with Gasteiger partial charge in [0.15, 0.2) is 0 Å². The third kappa shape index (κ3) is 1.29. The Morgan fingerprint density at radius 1 is 1.44 bits per heavy atom. The number of carbonyl (C=O) groups is 1. The van der Waals surface area contributed by atoms with Crippen LogP contribution in [0.5, 0.6) is 0 Å². The second-order valence-electron chi connectivity index (χ2n) is 5.27. The van der Waals surface area contributed by atoms with Crippen molar-refractivity contribution in [2.75, 3.05) is 6.54 Å². The number of hydrogen-bond acceptors (Lipinski definition) is 1. The zero-order valence-electron chi connectivity index (χ0n) is 9.62. The highest BCUT2D eigenvalue weighted by Crippen LogP contribution is 2.51. The van der Waals surface area contributed by atoms with Crippen molar-refractivity contribution in [3.63, 3.8) is 0 Å². The van der Waals surface area contributed by atoms with E-state index in [1.54, 1.807) is 0 Å². The van der Waals surface area contributed by atoms with Gasteiger partial charge in [-0.3, -0.25) is 4.79 Å². The lowest BCUT2D eigenvalue weighted by atomic mass is 9.59. The van der Waals surface area contributed by atoms with Gasteiger partial charge in [-0.15, -0.1) is 0 Å². The minimum atomic E-state index is 0.239. The van der Waals surface area contributed by atoms with Gasteiger partial charge in [0.05, 0.1) is 0 Å². The first kappa shape index (κ1) is 9.88. The van der Waals surface area contributed by atoms with Gasteiger partial charge in [-0.05, 0) is 37.3 Å². The molecule has 2 unspecified atom stereocenters.